The third-order valence-corrected chi connectivity index (χ3v) is 5.23. The molecule has 108 valence electrons. The Hall–Kier alpha value is -0.160. The third-order valence-electron chi connectivity index (χ3n) is 5.23. The Morgan fingerprint density at radius 3 is 2.26 bits per heavy atom. The van der Waals surface area contributed by atoms with E-state index in [1.165, 1.54) is 32.1 Å². The SMILES string of the molecule is C1CC(NC2CCC3(CC2)OCCO3)C(C2CC2)O1. The highest BCUT2D eigenvalue weighted by molar-refractivity contribution is 4.96. The summed E-state index contributed by atoms with van der Waals surface area (Å²) in [6, 6.07) is 1.23. The van der Waals surface area contributed by atoms with Crippen LogP contribution in [0.25, 0.3) is 0 Å². The molecule has 2 unspecified atom stereocenters. The standard InChI is InChI=1S/C15H25NO3/c1-2-11(1)14-13(5-8-17-14)16-12-3-6-15(7-4-12)18-9-10-19-15/h11-14,16H,1-10H2. The highest BCUT2D eigenvalue weighted by Gasteiger charge is 2.44. The van der Waals surface area contributed by atoms with Gasteiger partial charge in [0, 0.05) is 31.5 Å². The summed E-state index contributed by atoms with van der Waals surface area (Å²) in [4.78, 5) is 0. The van der Waals surface area contributed by atoms with E-state index in [4.69, 9.17) is 14.2 Å². The van der Waals surface area contributed by atoms with Crippen molar-refractivity contribution < 1.29 is 14.2 Å². The Kier molecular flexibility index (Phi) is 3.30. The molecule has 4 rings (SSSR count). The zero-order valence-corrected chi connectivity index (χ0v) is 11.6. The average molecular weight is 267 g/mol. The highest BCUT2D eigenvalue weighted by atomic mass is 16.7. The summed E-state index contributed by atoms with van der Waals surface area (Å²) in [5, 5.41) is 3.86. The van der Waals surface area contributed by atoms with Crippen molar-refractivity contribution in [3.8, 4) is 0 Å². The van der Waals surface area contributed by atoms with Gasteiger partial charge in [-0.25, -0.2) is 0 Å². The van der Waals surface area contributed by atoms with Crippen LogP contribution in [0.4, 0.5) is 0 Å². The molecule has 2 aliphatic heterocycles. The van der Waals surface area contributed by atoms with Gasteiger partial charge in [0.25, 0.3) is 0 Å². The predicted molar refractivity (Wildman–Crippen MR) is 70.9 cm³/mol. The van der Waals surface area contributed by atoms with Gasteiger partial charge in [-0.1, -0.05) is 0 Å². The summed E-state index contributed by atoms with van der Waals surface area (Å²) >= 11 is 0. The summed E-state index contributed by atoms with van der Waals surface area (Å²) in [5.74, 6) is 0.622. The molecule has 0 aromatic heterocycles. The van der Waals surface area contributed by atoms with Crippen LogP contribution in [0.2, 0.25) is 0 Å². The normalized spacial score (nSPS) is 39.2. The molecule has 4 fully saturated rings. The molecule has 0 bridgehead atoms. The van der Waals surface area contributed by atoms with Crippen LogP contribution in [0.3, 0.4) is 0 Å². The lowest BCUT2D eigenvalue weighted by Gasteiger charge is -2.37. The Labute approximate surface area is 115 Å². The summed E-state index contributed by atoms with van der Waals surface area (Å²) in [6.07, 6.45) is 8.88. The van der Waals surface area contributed by atoms with E-state index in [9.17, 15) is 0 Å². The molecule has 0 aromatic rings. The summed E-state index contributed by atoms with van der Waals surface area (Å²) in [5.41, 5.74) is 0. The van der Waals surface area contributed by atoms with E-state index >= 15 is 0 Å². The Morgan fingerprint density at radius 1 is 0.842 bits per heavy atom. The van der Waals surface area contributed by atoms with Crippen LogP contribution in [-0.4, -0.2) is 43.8 Å². The first kappa shape index (κ1) is 12.6. The van der Waals surface area contributed by atoms with E-state index < -0.39 is 0 Å². The molecule has 0 aromatic carbocycles. The summed E-state index contributed by atoms with van der Waals surface area (Å²) in [7, 11) is 0. The number of rotatable bonds is 3. The summed E-state index contributed by atoms with van der Waals surface area (Å²) in [6.45, 7) is 2.50. The smallest absolute Gasteiger partial charge is 0.168 e. The largest absolute Gasteiger partial charge is 0.376 e. The van der Waals surface area contributed by atoms with Crippen LogP contribution >= 0.6 is 0 Å². The molecule has 0 radical (unpaired) electrons. The van der Waals surface area contributed by atoms with Crippen molar-refractivity contribution in [3.63, 3.8) is 0 Å². The average Bonchev–Trinajstić information content (AvgIpc) is 3.00. The van der Waals surface area contributed by atoms with Gasteiger partial charge in [-0.15, -0.1) is 0 Å². The van der Waals surface area contributed by atoms with Crippen LogP contribution in [-0.2, 0) is 14.2 Å². The maximum absolute atomic E-state index is 5.91. The molecule has 1 N–H and O–H groups in total. The molecule has 0 amide bonds. The second-order valence-electron chi connectivity index (χ2n) is 6.62. The van der Waals surface area contributed by atoms with Crippen molar-refractivity contribution >= 4 is 0 Å². The zero-order chi connectivity index (χ0) is 12.7. The monoisotopic (exact) mass is 267 g/mol. The molecule has 2 aliphatic carbocycles. The van der Waals surface area contributed by atoms with Crippen molar-refractivity contribution in [2.45, 2.75) is 68.9 Å². The maximum Gasteiger partial charge on any atom is 0.168 e. The molecule has 4 heteroatoms. The van der Waals surface area contributed by atoms with E-state index in [0.717, 1.165) is 38.6 Å². The van der Waals surface area contributed by atoms with Gasteiger partial charge < -0.3 is 19.5 Å². The van der Waals surface area contributed by atoms with Crippen LogP contribution in [0.1, 0.15) is 44.9 Å². The van der Waals surface area contributed by atoms with Gasteiger partial charge in [0.05, 0.1) is 19.3 Å². The topological polar surface area (TPSA) is 39.7 Å². The molecular formula is C15H25NO3. The van der Waals surface area contributed by atoms with Gasteiger partial charge in [0.1, 0.15) is 0 Å². The minimum atomic E-state index is -0.222. The Balaban J connectivity index is 1.29. The van der Waals surface area contributed by atoms with E-state index in [-0.39, 0.29) is 5.79 Å². The Bertz CT molecular complexity index is 315. The lowest BCUT2D eigenvalue weighted by molar-refractivity contribution is -0.179. The van der Waals surface area contributed by atoms with Crippen LogP contribution in [0.5, 0.6) is 0 Å². The van der Waals surface area contributed by atoms with Gasteiger partial charge in [-0.2, -0.15) is 0 Å². The summed E-state index contributed by atoms with van der Waals surface area (Å²) < 4.78 is 17.5. The van der Waals surface area contributed by atoms with Crippen LogP contribution < -0.4 is 5.32 Å². The second kappa shape index (κ2) is 4.99. The molecule has 4 aliphatic rings. The van der Waals surface area contributed by atoms with Gasteiger partial charge in [0.2, 0.25) is 0 Å². The fourth-order valence-corrected chi connectivity index (χ4v) is 3.99. The molecule has 2 heterocycles. The first-order valence-corrected chi connectivity index (χ1v) is 8.00. The van der Waals surface area contributed by atoms with E-state index in [0.29, 0.717) is 18.2 Å². The van der Waals surface area contributed by atoms with Crippen molar-refractivity contribution in [3.05, 3.63) is 0 Å². The first-order valence-electron chi connectivity index (χ1n) is 8.00. The quantitative estimate of drug-likeness (QED) is 0.847. The van der Waals surface area contributed by atoms with Crippen LogP contribution in [0, 0.1) is 5.92 Å². The number of hydrogen-bond acceptors (Lipinski definition) is 4. The first-order chi connectivity index (χ1) is 9.35. The van der Waals surface area contributed by atoms with Gasteiger partial charge in [-0.3, -0.25) is 0 Å². The van der Waals surface area contributed by atoms with Crippen molar-refractivity contribution in [2.24, 2.45) is 5.92 Å². The van der Waals surface area contributed by atoms with Crippen LogP contribution in [0.15, 0.2) is 0 Å². The Morgan fingerprint density at radius 2 is 1.58 bits per heavy atom. The fraction of sp³-hybridized carbons (Fsp3) is 1.00. The maximum atomic E-state index is 5.91. The number of nitrogens with one attached hydrogen (secondary N) is 1. The number of hydrogen-bond donors (Lipinski definition) is 1. The van der Waals surface area contributed by atoms with Crippen molar-refractivity contribution in [1.82, 2.24) is 5.32 Å². The zero-order valence-electron chi connectivity index (χ0n) is 11.6. The molecule has 1 spiro atoms. The molecule has 2 atom stereocenters. The lowest BCUT2D eigenvalue weighted by Crippen LogP contribution is -2.48. The van der Waals surface area contributed by atoms with E-state index in [2.05, 4.69) is 5.32 Å². The fourth-order valence-electron chi connectivity index (χ4n) is 3.99. The molecule has 19 heavy (non-hydrogen) atoms. The number of ether oxygens (including phenoxy) is 3. The third kappa shape index (κ3) is 2.56. The minimum absolute atomic E-state index is 0.222. The van der Waals surface area contributed by atoms with Gasteiger partial charge in [-0.05, 0) is 38.0 Å². The molecular weight excluding hydrogens is 242 g/mol. The molecule has 4 nitrogen and oxygen atoms in total. The van der Waals surface area contributed by atoms with Gasteiger partial charge >= 0.3 is 0 Å². The lowest BCUT2D eigenvalue weighted by atomic mass is 9.89. The second-order valence-corrected chi connectivity index (χ2v) is 6.62. The predicted octanol–water partition coefficient (Wildman–Crippen LogP) is 1.83. The van der Waals surface area contributed by atoms with Crippen molar-refractivity contribution in [1.29, 1.82) is 0 Å². The minimum Gasteiger partial charge on any atom is -0.376 e. The molecule has 2 saturated heterocycles. The van der Waals surface area contributed by atoms with E-state index in [1.54, 1.807) is 0 Å². The highest BCUT2D eigenvalue weighted by Crippen LogP contribution is 2.40. The van der Waals surface area contributed by atoms with Crippen molar-refractivity contribution in [2.75, 3.05) is 19.8 Å². The van der Waals surface area contributed by atoms with E-state index in [1.807, 2.05) is 0 Å². The van der Waals surface area contributed by atoms with Gasteiger partial charge in [0.15, 0.2) is 5.79 Å². The molecule has 2 saturated carbocycles.